The van der Waals surface area contributed by atoms with E-state index in [2.05, 4.69) is 5.18 Å². The van der Waals surface area contributed by atoms with Gasteiger partial charge in [0.25, 0.3) is 0 Å². The van der Waals surface area contributed by atoms with Gasteiger partial charge in [0.15, 0.2) is 0 Å². The van der Waals surface area contributed by atoms with Crippen LogP contribution < -0.4 is 0 Å². The summed E-state index contributed by atoms with van der Waals surface area (Å²) in [6.45, 7) is 0. The Bertz CT molecular complexity index is 373. The average Bonchev–Trinajstić information content (AvgIpc) is 2.13. The number of nitriles is 1. The van der Waals surface area contributed by atoms with E-state index in [0.717, 1.165) is 18.2 Å². The highest BCUT2D eigenvalue weighted by molar-refractivity contribution is 5.26. The Morgan fingerprint density at radius 1 is 1.46 bits per heavy atom. The molecule has 0 radical (unpaired) electrons. The maximum Gasteiger partial charge on any atom is 0.206 e. The van der Waals surface area contributed by atoms with Crippen molar-refractivity contribution in [3.63, 3.8) is 0 Å². The van der Waals surface area contributed by atoms with Crippen molar-refractivity contribution >= 4 is 0 Å². The SMILES string of the molecule is N#CC(N=O)c1cc(F)ccc1F. The molecule has 0 bridgehead atoms. The van der Waals surface area contributed by atoms with E-state index in [9.17, 15) is 13.7 Å². The van der Waals surface area contributed by atoms with E-state index in [1.807, 2.05) is 0 Å². The van der Waals surface area contributed by atoms with Crippen LogP contribution in [0.15, 0.2) is 23.4 Å². The fraction of sp³-hybridized carbons (Fsp3) is 0.125. The Morgan fingerprint density at radius 2 is 2.15 bits per heavy atom. The Hall–Kier alpha value is -1.83. The number of hydrogen-bond donors (Lipinski definition) is 0. The van der Waals surface area contributed by atoms with Gasteiger partial charge in [0.1, 0.15) is 11.6 Å². The van der Waals surface area contributed by atoms with Gasteiger partial charge in [0, 0.05) is 5.56 Å². The van der Waals surface area contributed by atoms with Gasteiger partial charge in [-0.05, 0) is 23.4 Å². The first kappa shape index (κ1) is 9.26. The second kappa shape index (κ2) is 3.72. The minimum atomic E-state index is -1.49. The van der Waals surface area contributed by atoms with Crippen LogP contribution in [0.25, 0.3) is 0 Å². The van der Waals surface area contributed by atoms with Gasteiger partial charge in [0.2, 0.25) is 6.04 Å². The fourth-order valence-electron chi connectivity index (χ4n) is 0.874. The molecule has 0 N–H and O–H groups in total. The first-order valence-electron chi connectivity index (χ1n) is 3.36. The number of nitroso groups, excluding NO2 is 1. The number of nitrogens with zero attached hydrogens (tertiary/aromatic N) is 2. The van der Waals surface area contributed by atoms with Crippen LogP contribution in [0.2, 0.25) is 0 Å². The molecule has 0 aliphatic carbocycles. The molecule has 1 rings (SSSR count). The lowest BCUT2D eigenvalue weighted by atomic mass is 10.1. The van der Waals surface area contributed by atoms with Gasteiger partial charge in [-0.1, -0.05) is 0 Å². The van der Waals surface area contributed by atoms with E-state index < -0.39 is 17.7 Å². The first-order chi connectivity index (χ1) is 6.19. The highest BCUT2D eigenvalue weighted by Crippen LogP contribution is 2.20. The van der Waals surface area contributed by atoms with E-state index in [-0.39, 0.29) is 5.56 Å². The molecule has 1 atom stereocenters. The van der Waals surface area contributed by atoms with E-state index in [1.54, 1.807) is 0 Å². The zero-order valence-corrected chi connectivity index (χ0v) is 6.37. The summed E-state index contributed by atoms with van der Waals surface area (Å²) in [6.07, 6.45) is 0. The summed E-state index contributed by atoms with van der Waals surface area (Å²) >= 11 is 0. The molecule has 0 amide bonds. The Morgan fingerprint density at radius 3 is 2.69 bits per heavy atom. The summed E-state index contributed by atoms with van der Waals surface area (Å²) < 4.78 is 25.4. The molecule has 13 heavy (non-hydrogen) atoms. The van der Waals surface area contributed by atoms with Crippen LogP contribution in [0, 0.1) is 27.9 Å². The summed E-state index contributed by atoms with van der Waals surface area (Å²) in [5.74, 6) is -1.52. The lowest BCUT2D eigenvalue weighted by molar-refractivity contribution is 0.580. The zero-order valence-electron chi connectivity index (χ0n) is 6.37. The van der Waals surface area contributed by atoms with Crippen LogP contribution in [-0.2, 0) is 0 Å². The summed E-state index contributed by atoms with van der Waals surface area (Å²) in [5, 5.41) is 10.7. The number of hydrogen-bond acceptors (Lipinski definition) is 3. The molecule has 0 spiro atoms. The fourth-order valence-corrected chi connectivity index (χ4v) is 0.874. The summed E-state index contributed by atoms with van der Waals surface area (Å²) in [4.78, 5) is 10.0. The van der Waals surface area contributed by atoms with Crippen molar-refractivity contribution in [3.8, 4) is 6.07 Å². The Kier molecular flexibility index (Phi) is 2.65. The monoisotopic (exact) mass is 182 g/mol. The molecule has 0 aliphatic rings. The lowest BCUT2D eigenvalue weighted by Crippen LogP contribution is -1.96. The molecule has 0 aromatic heterocycles. The van der Waals surface area contributed by atoms with Crippen LogP contribution in [0.1, 0.15) is 11.6 Å². The molecule has 3 nitrogen and oxygen atoms in total. The van der Waals surface area contributed by atoms with E-state index in [1.165, 1.54) is 6.07 Å². The summed E-state index contributed by atoms with van der Waals surface area (Å²) in [7, 11) is 0. The minimum absolute atomic E-state index is 0.336. The first-order valence-corrected chi connectivity index (χ1v) is 3.36. The molecule has 1 aromatic carbocycles. The molecule has 0 heterocycles. The second-order valence-electron chi connectivity index (χ2n) is 2.30. The standard InChI is InChI=1S/C8H4F2N2O/c9-5-1-2-7(10)6(3-5)8(4-11)12-13/h1-3,8H. The molecule has 0 saturated carbocycles. The van der Waals surface area contributed by atoms with E-state index >= 15 is 0 Å². The van der Waals surface area contributed by atoms with Crippen LogP contribution in [0.3, 0.4) is 0 Å². The van der Waals surface area contributed by atoms with Crippen LogP contribution in [-0.4, -0.2) is 0 Å². The van der Waals surface area contributed by atoms with Crippen molar-refractivity contribution < 1.29 is 8.78 Å². The molecule has 5 heteroatoms. The van der Waals surface area contributed by atoms with Gasteiger partial charge in [-0.25, -0.2) is 8.78 Å². The predicted octanol–water partition coefficient (Wildman–Crippen LogP) is 2.30. The third-order valence-electron chi connectivity index (χ3n) is 1.48. The quantitative estimate of drug-likeness (QED) is 0.659. The van der Waals surface area contributed by atoms with Gasteiger partial charge < -0.3 is 0 Å². The molecule has 1 unspecified atom stereocenters. The largest absolute Gasteiger partial charge is 0.207 e. The van der Waals surface area contributed by atoms with Crippen LogP contribution >= 0.6 is 0 Å². The van der Waals surface area contributed by atoms with Crippen molar-refractivity contribution in [3.05, 3.63) is 40.3 Å². The zero-order chi connectivity index (χ0) is 9.84. The highest BCUT2D eigenvalue weighted by Gasteiger charge is 2.15. The molecule has 66 valence electrons. The summed E-state index contributed by atoms with van der Waals surface area (Å²) in [5.41, 5.74) is -0.336. The molecule has 0 aliphatic heterocycles. The molecule has 0 saturated heterocycles. The van der Waals surface area contributed by atoms with E-state index in [4.69, 9.17) is 5.26 Å². The molecule has 0 fully saturated rings. The van der Waals surface area contributed by atoms with E-state index in [0.29, 0.717) is 0 Å². The minimum Gasteiger partial charge on any atom is -0.207 e. The van der Waals surface area contributed by atoms with Gasteiger partial charge in [0.05, 0.1) is 6.07 Å². The van der Waals surface area contributed by atoms with Gasteiger partial charge >= 0.3 is 0 Å². The van der Waals surface area contributed by atoms with Crippen LogP contribution in [0.4, 0.5) is 8.78 Å². The predicted molar refractivity (Wildman–Crippen MR) is 40.5 cm³/mol. The normalized spacial score (nSPS) is 11.8. The summed E-state index contributed by atoms with van der Waals surface area (Å²) in [6, 6.07) is 2.49. The number of rotatable bonds is 2. The van der Waals surface area contributed by atoms with Crippen molar-refractivity contribution in [2.45, 2.75) is 6.04 Å². The average molecular weight is 182 g/mol. The lowest BCUT2D eigenvalue weighted by Gasteiger charge is -2.01. The van der Waals surface area contributed by atoms with Crippen molar-refractivity contribution in [1.29, 1.82) is 5.26 Å². The Balaban J connectivity index is 3.20. The second-order valence-corrected chi connectivity index (χ2v) is 2.30. The molecular weight excluding hydrogens is 178 g/mol. The number of benzene rings is 1. The van der Waals surface area contributed by atoms with Crippen LogP contribution in [0.5, 0.6) is 0 Å². The third kappa shape index (κ3) is 1.85. The van der Waals surface area contributed by atoms with Crippen molar-refractivity contribution in [2.24, 2.45) is 5.18 Å². The molecular formula is C8H4F2N2O. The van der Waals surface area contributed by atoms with Gasteiger partial charge in [-0.15, -0.1) is 4.91 Å². The topological polar surface area (TPSA) is 53.2 Å². The van der Waals surface area contributed by atoms with Crippen molar-refractivity contribution in [1.82, 2.24) is 0 Å². The van der Waals surface area contributed by atoms with Gasteiger partial charge in [-0.3, -0.25) is 0 Å². The molecule has 1 aromatic rings. The maximum atomic E-state index is 12.9. The van der Waals surface area contributed by atoms with Gasteiger partial charge in [-0.2, -0.15) is 5.26 Å². The number of halogens is 2. The smallest absolute Gasteiger partial charge is 0.206 e. The third-order valence-corrected chi connectivity index (χ3v) is 1.48. The highest BCUT2D eigenvalue weighted by atomic mass is 19.1. The Labute approximate surface area is 72.6 Å². The van der Waals surface area contributed by atoms with Crippen molar-refractivity contribution in [2.75, 3.05) is 0 Å². The maximum absolute atomic E-state index is 12.9.